The van der Waals surface area contributed by atoms with Gasteiger partial charge in [-0.15, -0.1) is 0 Å². The first kappa shape index (κ1) is 35.9. The number of rotatable bonds is 7. The summed E-state index contributed by atoms with van der Waals surface area (Å²) >= 11 is 0. The van der Waals surface area contributed by atoms with Crippen molar-refractivity contribution in [3.05, 3.63) is 77.9 Å². The molecule has 0 saturated carbocycles. The van der Waals surface area contributed by atoms with Crippen LogP contribution in [0.5, 0.6) is 0 Å². The molecule has 51 heavy (non-hydrogen) atoms. The molecule has 2 atom stereocenters. The summed E-state index contributed by atoms with van der Waals surface area (Å²) in [7, 11) is -2.81. The number of aryl methyl sites for hydroxylation is 2. The molecular formula is C35H37F3N6O6S. The van der Waals surface area contributed by atoms with E-state index in [1.165, 1.54) is 24.1 Å². The molecule has 1 N–H and O–H groups in total. The fourth-order valence-electron chi connectivity index (χ4n) is 6.22. The van der Waals surface area contributed by atoms with Crippen LogP contribution < -0.4 is 5.32 Å². The molecule has 2 unspecified atom stereocenters. The predicted molar refractivity (Wildman–Crippen MR) is 183 cm³/mol. The lowest BCUT2D eigenvalue weighted by atomic mass is 10.0. The number of benzene rings is 2. The lowest BCUT2D eigenvalue weighted by Crippen LogP contribution is -2.53. The highest BCUT2D eigenvalue weighted by Crippen LogP contribution is 2.42. The van der Waals surface area contributed by atoms with Gasteiger partial charge in [-0.25, -0.2) is 27.2 Å². The zero-order chi connectivity index (χ0) is 36.9. The Balaban J connectivity index is 1.49. The minimum Gasteiger partial charge on any atom is -0.444 e. The Kier molecular flexibility index (Phi) is 9.35. The molecular weight excluding hydrogens is 689 g/mol. The Morgan fingerprint density at radius 3 is 2.43 bits per heavy atom. The SMILES string of the molecule is COC1CCN(C(=O)OC(C)(C)C)CC1Nc1ncc(C(F)(F)F)c(-c2cn(S(=O)(=O)c3ccccc3)c3cc(-c4c(C)noc4C)ccc23)n1. The largest absolute Gasteiger partial charge is 0.444 e. The molecule has 1 amide bonds. The highest BCUT2D eigenvalue weighted by atomic mass is 32.2. The van der Waals surface area contributed by atoms with Gasteiger partial charge in [0.05, 0.1) is 33.9 Å². The van der Waals surface area contributed by atoms with Crippen LogP contribution >= 0.6 is 0 Å². The number of methoxy groups -OCH3 is 1. The molecule has 1 aliphatic heterocycles. The van der Waals surface area contributed by atoms with Gasteiger partial charge >= 0.3 is 12.3 Å². The second-order valence-corrected chi connectivity index (χ2v) is 15.1. The van der Waals surface area contributed by atoms with Crippen molar-refractivity contribution in [3.8, 4) is 22.4 Å². The number of carbonyl (C=O) groups is 1. The predicted octanol–water partition coefficient (Wildman–Crippen LogP) is 7.06. The van der Waals surface area contributed by atoms with E-state index in [1.54, 1.807) is 71.0 Å². The number of alkyl halides is 3. The third-order valence-electron chi connectivity index (χ3n) is 8.56. The zero-order valence-electron chi connectivity index (χ0n) is 28.8. The summed E-state index contributed by atoms with van der Waals surface area (Å²) in [4.78, 5) is 22.6. The monoisotopic (exact) mass is 726 g/mol. The van der Waals surface area contributed by atoms with Crippen LogP contribution in [0.25, 0.3) is 33.3 Å². The molecule has 2 aromatic carbocycles. The summed E-state index contributed by atoms with van der Waals surface area (Å²) in [5, 5.41) is 7.26. The molecule has 12 nitrogen and oxygen atoms in total. The molecule has 1 saturated heterocycles. The maximum Gasteiger partial charge on any atom is 0.419 e. The van der Waals surface area contributed by atoms with E-state index in [0.717, 1.165) is 10.2 Å². The minimum atomic E-state index is -4.90. The van der Waals surface area contributed by atoms with E-state index < -0.39 is 51.3 Å². The van der Waals surface area contributed by atoms with E-state index >= 15 is 0 Å². The van der Waals surface area contributed by atoms with Gasteiger partial charge in [-0.1, -0.05) is 35.5 Å². The number of carbonyl (C=O) groups excluding carboxylic acids is 1. The Morgan fingerprint density at radius 2 is 1.80 bits per heavy atom. The first-order valence-electron chi connectivity index (χ1n) is 16.1. The number of amides is 1. The number of likely N-dealkylation sites (tertiary alicyclic amines) is 1. The highest BCUT2D eigenvalue weighted by Gasteiger charge is 2.38. The van der Waals surface area contributed by atoms with E-state index in [2.05, 4.69) is 20.4 Å². The molecule has 16 heteroatoms. The van der Waals surface area contributed by atoms with Gasteiger partial charge in [0.15, 0.2) is 0 Å². The van der Waals surface area contributed by atoms with E-state index in [4.69, 9.17) is 14.0 Å². The molecule has 270 valence electrons. The minimum absolute atomic E-state index is 0.0604. The maximum atomic E-state index is 14.6. The third-order valence-corrected chi connectivity index (χ3v) is 10.2. The summed E-state index contributed by atoms with van der Waals surface area (Å²) < 4.78 is 89.5. The number of hydrogen-bond donors (Lipinski definition) is 1. The van der Waals surface area contributed by atoms with Gasteiger partial charge in [0.1, 0.15) is 16.9 Å². The van der Waals surface area contributed by atoms with Crippen molar-refractivity contribution in [1.82, 2.24) is 24.0 Å². The van der Waals surface area contributed by atoms with Crippen molar-refractivity contribution >= 4 is 33.0 Å². The smallest absolute Gasteiger partial charge is 0.419 e. The number of ether oxygens (including phenoxy) is 2. The van der Waals surface area contributed by atoms with Gasteiger partial charge in [0, 0.05) is 49.1 Å². The molecule has 4 heterocycles. The first-order chi connectivity index (χ1) is 24.0. The van der Waals surface area contributed by atoms with Crippen LogP contribution in [0.2, 0.25) is 0 Å². The van der Waals surface area contributed by atoms with E-state index in [9.17, 15) is 26.4 Å². The summed E-state index contributed by atoms with van der Waals surface area (Å²) in [6.45, 7) is 9.14. The van der Waals surface area contributed by atoms with Gasteiger partial charge in [-0.3, -0.25) is 0 Å². The van der Waals surface area contributed by atoms with Crippen LogP contribution in [-0.4, -0.2) is 76.5 Å². The average molecular weight is 727 g/mol. The summed E-state index contributed by atoms with van der Waals surface area (Å²) in [6, 6.07) is 11.8. The van der Waals surface area contributed by atoms with Crippen LogP contribution in [0.3, 0.4) is 0 Å². The Labute approximate surface area is 292 Å². The Hall–Kier alpha value is -4.96. The van der Waals surface area contributed by atoms with Crippen molar-refractivity contribution in [2.75, 3.05) is 25.5 Å². The highest BCUT2D eigenvalue weighted by molar-refractivity contribution is 7.90. The number of anilines is 1. The first-order valence-corrected chi connectivity index (χ1v) is 17.5. The van der Waals surface area contributed by atoms with Crippen molar-refractivity contribution < 1.29 is 40.4 Å². The van der Waals surface area contributed by atoms with Crippen molar-refractivity contribution in [2.45, 2.75) is 69.9 Å². The lowest BCUT2D eigenvalue weighted by molar-refractivity contribution is -0.137. The fourth-order valence-corrected chi connectivity index (χ4v) is 7.60. The number of aromatic nitrogens is 4. The molecule has 0 bridgehead atoms. The number of nitrogens with one attached hydrogen (secondary N) is 1. The van der Waals surface area contributed by atoms with Gasteiger partial charge in [-0.2, -0.15) is 13.2 Å². The molecule has 3 aromatic heterocycles. The molecule has 0 radical (unpaired) electrons. The van der Waals surface area contributed by atoms with Crippen molar-refractivity contribution in [3.63, 3.8) is 0 Å². The second kappa shape index (κ2) is 13.3. The van der Waals surface area contributed by atoms with Gasteiger partial charge < -0.3 is 24.2 Å². The summed E-state index contributed by atoms with van der Waals surface area (Å²) in [5.74, 6) is 0.319. The number of nitrogens with zero attached hydrogens (tertiary/aromatic N) is 5. The topological polar surface area (TPSA) is 142 Å². The lowest BCUT2D eigenvalue weighted by Gasteiger charge is -2.38. The summed E-state index contributed by atoms with van der Waals surface area (Å²) in [6.07, 6.45) is -3.65. The van der Waals surface area contributed by atoms with Crippen LogP contribution in [0.1, 0.15) is 44.2 Å². The van der Waals surface area contributed by atoms with E-state index in [-0.39, 0.29) is 33.9 Å². The molecule has 1 aliphatic rings. The number of fused-ring (bicyclic) bond motifs is 1. The van der Waals surface area contributed by atoms with Crippen molar-refractivity contribution in [1.29, 1.82) is 0 Å². The zero-order valence-corrected chi connectivity index (χ0v) is 29.6. The number of piperidine rings is 1. The quantitative estimate of drug-likeness (QED) is 0.185. The van der Waals surface area contributed by atoms with Crippen LogP contribution in [0, 0.1) is 13.8 Å². The number of hydrogen-bond acceptors (Lipinski definition) is 10. The normalized spacial score (nSPS) is 17.2. The molecule has 1 fully saturated rings. The fraction of sp³-hybridized carbons (Fsp3) is 0.371. The second-order valence-electron chi connectivity index (χ2n) is 13.3. The Bertz CT molecular complexity index is 2180. The molecule has 0 spiro atoms. The van der Waals surface area contributed by atoms with Crippen molar-refractivity contribution in [2.24, 2.45) is 0 Å². The van der Waals surface area contributed by atoms with Crippen LogP contribution in [0.4, 0.5) is 23.9 Å². The van der Waals surface area contributed by atoms with Gasteiger partial charge in [0.2, 0.25) is 5.95 Å². The van der Waals surface area contributed by atoms with E-state index in [1.807, 2.05) is 0 Å². The van der Waals surface area contributed by atoms with Crippen LogP contribution in [-0.2, 0) is 25.7 Å². The standard InChI is InChI=1S/C35H37F3N6O6S/c1-20-30(21(2)50-42-20)22-12-13-24-25(18-44(28(24)16-22)51(46,47)23-10-8-7-9-11-23)31-26(35(36,37)38)17-39-32(41-31)40-27-19-43(15-14-29(27)48-6)33(45)49-34(3,4)5/h7-13,16-18,27,29H,14-15,19H2,1-6H3,(H,39,40,41). The molecule has 5 aromatic rings. The molecule has 6 rings (SSSR count). The van der Waals surface area contributed by atoms with Gasteiger partial charge in [-0.05, 0) is 64.8 Å². The van der Waals surface area contributed by atoms with Crippen LogP contribution in [0.15, 0.2) is 70.3 Å². The Morgan fingerprint density at radius 1 is 1.08 bits per heavy atom. The summed E-state index contributed by atoms with van der Waals surface area (Å²) in [5.41, 5.74) is -0.650. The van der Waals surface area contributed by atoms with E-state index in [0.29, 0.717) is 41.7 Å². The van der Waals surface area contributed by atoms with Gasteiger partial charge in [0.25, 0.3) is 10.0 Å². The molecule has 0 aliphatic carbocycles. The number of halogens is 3. The third kappa shape index (κ3) is 7.15. The average Bonchev–Trinajstić information content (AvgIpc) is 3.62. The maximum absolute atomic E-state index is 14.6.